The summed E-state index contributed by atoms with van der Waals surface area (Å²) in [6.07, 6.45) is 6.89. The molecule has 3 rings (SSSR count). The van der Waals surface area contributed by atoms with E-state index in [4.69, 9.17) is 10.5 Å². The van der Waals surface area contributed by atoms with E-state index in [0.717, 1.165) is 25.0 Å². The summed E-state index contributed by atoms with van der Waals surface area (Å²) in [5, 5.41) is 4.15. The number of aromatic nitrogens is 2. The Morgan fingerprint density at radius 1 is 1.47 bits per heavy atom. The quantitative estimate of drug-likeness (QED) is 0.911. The number of nitrogens with two attached hydrogens (primary N) is 1. The Hall–Kier alpha value is -1.81. The van der Waals surface area contributed by atoms with Crippen LogP contribution in [0.15, 0.2) is 30.6 Å². The smallest absolute Gasteiger partial charge is 0.119 e. The molecule has 0 bridgehead atoms. The van der Waals surface area contributed by atoms with Gasteiger partial charge in [0.2, 0.25) is 0 Å². The lowest BCUT2D eigenvalue weighted by Crippen LogP contribution is -2.05. The first-order valence-corrected chi connectivity index (χ1v) is 6.71. The monoisotopic (exact) mass is 257 g/mol. The van der Waals surface area contributed by atoms with Crippen molar-refractivity contribution in [2.75, 3.05) is 6.61 Å². The van der Waals surface area contributed by atoms with Crippen molar-refractivity contribution >= 4 is 0 Å². The molecule has 1 aliphatic rings. The van der Waals surface area contributed by atoms with Crippen LogP contribution in [0.5, 0.6) is 5.75 Å². The van der Waals surface area contributed by atoms with Crippen LogP contribution in [0.1, 0.15) is 29.2 Å². The summed E-state index contributed by atoms with van der Waals surface area (Å²) >= 11 is 0. The van der Waals surface area contributed by atoms with Crippen LogP contribution in [-0.2, 0) is 19.9 Å². The van der Waals surface area contributed by atoms with Crippen LogP contribution in [0.3, 0.4) is 0 Å². The Bertz CT molecular complexity index is 577. The molecule has 1 aromatic carbocycles. The molecule has 1 atom stereocenters. The van der Waals surface area contributed by atoms with Crippen molar-refractivity contribution in [3.63, 3.8) is 0 Å². The van der Waals surface area contributed by atoms with Crippen molar-refractivity contribution in [2.45, 2.75) is 25.3 Å². The van der Waals surface area contributed by atoms with E-state index < -0.39 is 0 Å². The third kappa shape index (κ3) is 2.63. The van der Waals surface area contributed by atoms with Gasteiger partial charge in [-0.3, -0.25) is 4.68 Å². The van der Waals surface area contributed by atoms with Gasteiger partial charge in [0.05, 0.1) is 12.8 Å². The number of nitrogens with zero attached hydrogens (tertiary/aromatic N) is 2. The lowest BCUT2D eigenvalue weighted by Gasteiger charge is -2.09. The van der Waals surface area contributed by atoms with Crippen molar-refractivity contribution in [3.05, 3.63) is 47.3 Å². The minimum Gasteiger partial charge on any atom is -0.493 e. The molecule has 4 heteroatoms. The van der Waals surface area contributed by atoms with Gasteiger partial charge in [0.25, 0.3) is 0 Å². The molecule has 1 heterocycles. The normalized spacial score (nSPS) is 17.5. The van der Waals surface area contributed by atoms with Gasteiger partial charge in [-0.15, -0.1) is 0 Å². The highest BCUT2D eigenvalue weighted by Crippen LogP contribution is 2.31. The summed E-state index contributed by atoms with van der Waals surface area (Å²) in [6, 6.07) is 6.46. The molecule has 2 aromatic rings. The summed E-state index contributed by atoms with van der Waals surface area (Å²) < 4.78 is 7.61. The summed E-state index contributed by atoms with van der Waals surface area (Å²) in [7, 11) is 1.92. The van der Waals surface area contributed by atoms with Gasteiger partial charge in [-0.2, -0.15) is 5.10 Å². The number of hydrogen-bond acceptors (Lipinski definition) is 3. The van der Waals surface area contributed by atoms with Gasteiger partial charge < -0.3 is 10.5 Å². The summed E-state index contributed by atoms with van der Waals surface area (Å²) in [6.45, 7) is 0.677. The van der Waals surface area contributed by atoms with E-state index in [-0.39, 0.29) is 6.04 Å². The first-order valence-electron chi connectivity index (χ1n) is 6.71. The highest BCUT2D eigenvalue weighted by molar-refractivity contribution is 5.40. The molecule has 0 fully saturated rings. The zero-order valence-electron chi connectivity index (χ0n) is 11.2. The van der Waals surface area contributed by atoms with E-state index in [1.165, 1.54) is 16.7 Å². The van der Waals surface area contributed by atoms with E-state index >= 15 is 0 Å². The fourth-order valence-electron chi connectivity index (χ4n) is 2.60. The third-order valence-electron chi connectivity index (χ3n) is 3.66. The molecule has 0 aliphatic heterocycles. The van der Waals surface area contributed by atoms with Crippen LogP contribution >= 0.6 is 0 Å². The van der Waals surface area contributed by atoms with Crippen molar-refractivity contribution in [3.8, 4) is 5.75 Å². The number of fused-ring (bicyclic) bond motifs is 1. The number of aryl methyl sites for hydroxylation is 2. The van der Waals surface area contributed by atoms with Gasteiger partial charge in [-0.05, 0) is 41.7 Å². The standard InChI is InChI=1S/C15H19N3O/c1-18-10-11(9-17-18)6-7-19-13-3-4-14-12(8-13)2-5-15(14)16/h3-4,8-10,15H,2,5-7,16H2,1H3. The first kappa shape index (κ1) is 12.2. The summed E-state index contributed by atoms with van der Waals surface area (Å²) in [4.78, 5) is 0. The van der Waals surface area contributed by atoms with Crippen molar-refractivity contribution < 1.29 is 4.74 Å². The maximum atomic E-state index is 6.02. The zero-order valence-corrected chi connectivity index (χ0v) is 11.2. The summed E-state index contributed by atoms with van der Waals surface area (Å²) in [5.74, 6) is 0.941. The summed E-state index contributed by atoms with van der Waals surface area (Å²) in [5.41, 5.74) is 9.84. The predicted molar refractivity (Wildman–Crippen MR) is 74.1 cm³/mol. The van der Waals surface area contributed by atoms with Crippen LogP contribution in [0.2, 0.25) is 0 Å². The second-order valence-electron chi connectivity index (χ2n) is 5.13. The van der Waals surface area contributed by atoms with E-state index in [0.29, 0.717) is 6.61 Å². The van der Waals surface area contributed by atoms with Gasteiger partial charge in [-0.25, -0.2) is 0 Å². The van der Waals surface area contributed by atoms with E-state index in [9.17, 15) is 0 Å². The molecule has 0 amide bonds. The van der Waals surface area contributed by atoms with E-state index in [1.807, 2.05) is 30.2 Å². The number of rotatable bonds is 4. The molecule has 4 nitrogen and oxygen atoms in total. The Labute approximate surface area is 113 Å². The first-order chi connectivity index (χ1) is 9.22. The minimum absolute atomic E-state index is 0.208. The second-order valence-corrected chi connectivity index (χ2v) is 5.13. The van der Waals surface area contributed by atoms with Gasteiger partial charge in [0.1, 0.15) is 5.75 Å². The van der Waals surface area contributed by atoms with E-state index in [1.54, 1.807) is 0 Å². The molecule has 0 saturated heterocycles. The van der Waals surface area contributed by atoms with Crippen LogP contribution < -0.4 is 10.5 Å². The molecule has 100 valence electrons. The zero-order chi connectivity index (χ0) is 13.2. The highest BCUT2D eigenvalue weighted by Gasteiger charge is 2.18. The highest BCUT2D eigenvalue weighted by atomic mass is 16.5. The topological polar surface area (TPSA) is 53.1 Å². The van der Waals surface area contributed by atoms with Crippen LogP contribution in [0.4, 0.5) is 0 Å². The second kappa shape index (κ2) is 5.05. The molecule has 0 radical (unpaired) electrons. The third-order valence-corrected chi connectivity index (χ3v) is 3.66. The van der Waals surface area contributed by atoms with Crippen LogP contribution in [0, 0.1) is 0 Å². The average Bonchev–Trinajstić information content (AvgIpc) is 2.97. The van der Waals surface area contributed by atoms with Gasteiger partial charge in [-0.1, -0.05) is 6.07 Å². The average molecular weight is 257 g/mol. The van der Waals surface area contributed by atoms with Gasteiger partial charge in [0.15, 0.2) is 0 Å². The number of benzene rings is 1. The Morgan fingerprint density at radius 2 is 2.37 bits per heavy atom. The Kier molecular flexibility index (Phi) is 3.25. The molecule has 1 aliphatic carbocycles. The van der Waals surface area contributed by atoms with Crippen molar-refractivity contribution in [1.29, 1.82) is 0 Å². The van der Waals surface area contributed by atoms with E-state index in [2.05, 4.69) is 17.2 Å². The molecule has 1 unspecified atom stereocenters. The maximum Gasteiger partial charge on any atom is 0.119 e. The SMILES string of the molecule is Cn1cc(CCOc2ccc3c(c2)CCC3N)cn1. The molecular weight excluding hydrogens is 238 g/mol. The molecule has 0 spiro atoms. The Morgan fingerprint density at radius 3 is 3.16 bits per heavy atom. The lowest BCUT2D eigenvalue weighted by molar-refractivity contribution is 0.321. The van der Waals surface area contributed by atoms with Crippen LogP contribution in [0.25, 0.3) is 0 Å². The number of ether oxygens (including phenoxy) is 1. The van der Waals surface area contributed by atoms with Gasteiger partial charge >= 0.3 is 0 Å². The fraction of sp³-hybridized carbons (Fsp3) is 0.400. The Balaban J connectivity index is 1.59. The molecule has 19 heavy (non-hydrogen) atoms. The van der Waals surface area contributed by atoms with Gasteiger partial charge in [0, 0.05) is 25.7 Å². The van der Waals surface area contributed by atoms with Crippen molar-refractivity contribution in [1.82, 2.24) is 9.78 Å². The predicted octanol–water partition coefficient (Wildman–Crippen LogP) is 1.99. The molecule has 1 aromatic heterocycles. The maximum absolute atomic E-state index is 6.02. The number of hydrogen-bond donors (Lipinski definition) is 1. The molecular formula is C15H19N3O. The van der Waals surface area contributed by atoms with Crippen LogP contribution in [-0.4, -0.2) is 16.4 Å². The minimum atomic E-state index is 0.208. The largest absolute Gasteiger partial charge is 0.493 e. The fourth-order valence-corrected chi connectivity index (χ4v) is 2.60. The molecule has 0 saturated carbocycles. The van der Waals surface area contributed by atoms with Crippen molar-refractivity contribution in [2.24, 2.45) is 12.8 Å². The molecule has 2 N–H and O–H groups in total. The lowest BCUT2D eigenvalue weighted by atomic mass is 10.1.